The molecular weight excluding hydrogens is 386 g/mol. The van der Waals surface area contributed by atoms with E-state index in [9.17, 15) is 4.79 Å². The highest BCUT2D eigenvalue weighted by Crippen LogP contribution is 2.30. The van der Waals surface area contributed by atoms with E-state index < -0.39 is 0 Å². The molecule has 3 aromatic rings. The molecule has 0 amide bonds. The minimum Gasteiger partial charge on any atom is -0.368 e. The van der Waals surface area contributed by atoms with Gasteiger partial charge >= 0.3 is 0 Å². The number of hydrogen-bond donors (Lipinski definition) is 1. The van der Waals surface area contributed by atoms with Crippen molar-refractivity contribution in [3.63, 3.8) is 0 Å². The number of nitrogens with one attached hydrogen (secondary N) is 1. The quantitative estimate of drug-likeness (QED) is 0.685. The number of hydrogen-bond acceptors (Lipinski definition) is 6. The van der Waals surface area contributed by atoms with Crippen molar-refractivity contribution in [2.75, 3.05) is 41.3 Å². The van der Waals surface area contributed by atoms with Crippen molar-refractivity contribution >= 4 is 28.9 Å². The maximum Gasteiger partial charge on any atom is 0.227 e. The van der Waals surface area contributed by atoms with Crippen LogP contribution in [0, 0.1) is 6.92 Å². The molecule has 1 fully saturated rings. The Morgan fingerprint density at radius 1 is 0.839 bits per heavy atom. The summed E-state index contributed by atoms with van der Waals surface area (Å²) in [5, 5.41) is 3.39. The molecule has 0 saturated carbocycles. The predicted octanol–water partition coefficient (Wildman–Crippen LogP) is 4.37. The van der Waals surface area contributed by atoms with Crippen molar-refractivity contribution in [2.24, 2.45) is 0 Å². The number of aryl methyl sites for hydroxylation is 2. The molecular formula is C25H27N5O. The largest absolute Gasteiger partial charge is 0.368 e. The third kappa shape index (κ3) is 4.10. The average Bonchev–Trinajstić information content (AvgIpc) is 2.81. The summed E-state index contributed by atoms with van der Waals surface area (Å²) in [5.74, 6) is 1.49. The monoisotopic (exact) mass is 413 g/mol. The van der Waals surface area contributed by atoms with Crippen LogP contribution < -0.4 is 15.1 Å². The summed E-state index contributed by atoms with van der Waals surface area (Å²) in [4.78, 5) is 27.0. The molecule has 0 radical (unpaired) electrons. The van der Waals surface area contributed by atoms with Crippen molar-refractivity contribution in [1.82, 2.24) is 9.97 Å². The molecule has 0 unspecified atom stereocenters. The Hall–Kier alpha value is -3.41. The molecule has 1 N–H and O–H groups in total. The maximum absolute atomic E-state index is 12.7. The van der Waals surface area contributed by atoms with Crippen LogP contribution >= 0.6 is 0 Å². The molecule has 2 aliphatic rings. The molecule has 0 atom stereocenters. The first-order valence-corrected chi connectivity index (χ1v) is 11.0. The van der Waals surface area contributed by atoms with Gasteiger partial charge in [-0.15, -0.1) is 0 Å². The lowest BCUT2D eigenvalue weighted by atomic mass is 9.95. The number of carbonyl (C=O) groups excluding carboxylic acids is 1. The Balaban J connectivity index is 1.41. The first kappa shape index (κ1) is 19.5. The van der Waals surface area contributed by atoms with E-state index in [0.29, 0.717) is 17.8 Å². The van der Waals surface area contributed by atoms with Crippen LogP contribution in [0.3, 0.4) is 0 Å². The van der Waals surface area contributed by atoms with Gasteiger partial charge in [-0.05, 0) is 44.0 Å². The van der Waals surface area contributed by atoms with Crippen molar-refractivity contribution in [2.45, 2.75) is 26.2 Å². The number of aromatic nitrogens is 2. The van der Waals surface area contributed by atoms with Crippen LogP contribution in [0.1, 0.15) is 34.5 Å². The lowest BCUT2D eigenvalue weighted by Crippen LogP contribution is -2.47. The van der Waals surface area contributed by atoms with Crippen LogP contribution in [0.15, 0.2) is 54.6 Å². The topological polar surface area (TPSA) is 61.4 Å². The highest BCUT2D eigenvalue weighted by molar-refractivity contribution is 6.03. The molecule has 6 heteroatoms. The zero-order valence-electron chi connectivity index (χ0n) is 17.8. The summed E-state index contributed by atoms with van der Waals surface area (Å²) in [7, 11) is 0. The fourth-order valence-electron chi connectivity index (χ4n) is 4.32. The van der Waals surface area contributed by atoms with Crippen LogP contribution in [-0.2, 0) is 6.42 Å². The zero-order chi connectivity index (χ0) is 21.2. The summed E-state index contributed by atoms with van der Waals surface area (Å²) < 4.78 is 0. The second kappa shape index (κ2) is 8.38. The summed E-state index contributed by atoms with van der Waals surface area (Å²) in [5.41, 5.74) is 4.92. The molecule has 2 heterocycles. The van der Waals surface area contributed by atoms with E-state index in [4.69, 9.17) is 9.97 Å². The normalized spacial score (nSPS) is 16.2. The number of Topliss-reactive ketones (excluding diaryl/α,β-unsaturated/α-hetero) is 1. The molecule has 1 aromatic heterocycles. The molecule has 2 aromatic carbocycles. The van der Waals surface area contributed by atoms with Gasteiger partial charge in [0.2, 0.25) is 5.95 Å². The molecule has 6 nitrogen and oxygen atoms in total. The molecule has 0 bridgehead atoms. The van der Waals surface area contributed by atoms with Crippen LogP contribution in [0.25, 0.3) is 0 Å². The van der Waals surface area contributed by atoms with Gasteiger partial charge in [-0.3, -0.25) is 4.79 Å². The highest BCUT2D eigenvalue weighted by atomic mass is 16.1. The van der Waals surface area contributed by atoms with Gasteiger partial charge in [-0.1, -0.05) is 35.9 Å². The summed E-state index contributed by atoms with van der Waals surface area (Å²) in [6, 6.07) is 18.7. The van der Waals surface area contributed by atoms with E-state index in [0.717, 1.165) is 56.4 Å². The Kier molecular flexibility index (Phi) is 5.28. The lowest BCUT2D eigenvalue weighted by molar-refractivity contribution is 0.0972. The Labute approximate surface area is 182 Å². The Morgan fingerprint density at radius 3 is 2.29 bits per heavy atom. The summed E-state index contributed by atoms with van der Waals surface area (Å²) in [6.45, 7) is 5.61. The van der Waals surface area contributed by atoms with E-state index in [1.54, 1.807) is 0 Å². The number of rotatable bonds is 4. The van der Waals surface area contributed by atoms with E-state index in [1.165, 1.54) is 11.3 Å². The van der Waals surface area contributed by atoms with Gasteiger partial charge in [-0.25, -0.2) is 4.98 Å². The van der Waals surface area contributed by atoms with Crippen LogP contribution in [0.5, 0.6) is 0 Å². The van der Waals surface area contributed by atoms with Gasteiger partial charge in [0, 0.05) is 44.0 Å². The lowest BCUT2D eigenvalue weighted by Gasteiger charge is -2.36. The van der Waals surface area contributed by atoms with E-state index in [2.05, 4.69) is 58.4 Å². The second-order valence-corrected chi connectivity index (χ2v) is 8.27. The first-order valence-electron chi connectivity index (χ1n) is 11.0. The number of anilines is 4. The van der Waals surface area contributed by atoms with E-state index in [-0.39, 0.29) is 5.78 Å². The Morgan fingerprint density at radius 2 is 1.55 bits per heavy atom. The molecule has 1 aliphatic heterocycles. The van der Waals surface area contributed by atoms with Gasteiger partial charge in [-0.2, -0.15) is 4.98 Å². The van der Waals surface area contributed by atoms with Crippen molar-refractivity contribution in [1.29, 1.82) is 0 Å². The molecule has 31 heavy (non-hydrogen) atoms. The predicted molar refractivity (Wildman–Crippen MR) is 125 cm³/mol. The number of ketones is 1. The minimum absolute atomic E-state index is 0.135. The standard InChI is InChI=1S/C25H27N5O/c1-18-10-12-19(13-11-18)26-24-23-21(8-5-9-22(23)31)27-25(28-24)30-16-14-29(15-17-30)20-6-3-2-4-7-20/h2-4,6-7,10-13H,5,8-9,14-17H2,1H3,(H,26,27,28). The summed E-state index contributed by atoms with van der Waals surface area (Å²) in [6.07, 6.45) is 2.24. The van der Waals surface area contributed by atoms with Crippen LogP contribution in [-0.4, -0.2) is 41.9 Å². The zero-order valence-corrected chi connectivity index (χ0v) is 17.8. The third-order valence-corrected chi connectivity index (χ3v) is 6.07. The summed E-state index contributed by atoms with van der Waals surface area (Å²) >= 11 is 0. The molecule has 1 aliphatic carbocycles. The van der Waals surface area contributed by atoms with Crippen molar-refractivity contribution in [3.8, 4) is 0 Å². The maximum atomic E-state index is 12.7. The van der Waals surface area contributed by atoms with Crippen molar-refractivity contribution in [3.05, 3.63) is 71.4 Å². The fraction of sp³-hybridized carbons (Fsp3) is 0.320. The van der Waals surface area contributed by atoms with Crippen molar-refractivity contribution < 1.29 is 4.79 Å². The van der Waals surface area contributed by atoms with E-state index >= 15 is 0 Å². The van der Waals surface area contributed by atoms with Gasteiger partial charge in [0.15, 0.2) is 5.78 Å². The molecule has 5 rings (SSSR count). The second-order valence-electron chi connectivity index (χ2n) is 8.27. The fourth-order valence-corrected chi connectivity index (χ4v) is 4.32. The van der Waals surface area contributed by atoms with Gasteiger partial charge in [0.1, 0.15) is 5.82 Å². The number of benzene rings is 2. The first-order chi connectivity index (χ1) is 15.2. The number of nitrogens with zero attached hydrogens (tertiary/aromatic N) is 4. The minimum atomic E-state index is 0.135. The number of fused-ring (bicyclic) bond motifs is 1. The van der Waals surface area contributed by atoms with Crippen LogP contribution in [0.2, 0.25) is 0 Å². The molecule has 0 spiro atoms. The van der Waals surface area contributed by atoms with Crippen LogP contribution in [0.4, 0.5) is 23.1 Å². The van der Waals surface area contributed by atoms with Gasteiger partial charge in [0.05, 0.1) is 11.3 Å². The number of para-hydroxylation sites is 1. The molecule has 1 saturated heterocycles. The molecule has 158 valence electrons. The SMILES string of the molecule is Cc1ccc(Nc2nc(N3CCN(c4ccccc4)CC3)nc3c2C(=O)CCC3)cc1. The van der Waals surface area contributed by atoms with E-state index in [1.807, 2.05) is 18.2 Å². The number of carbonyl (C=O) groups is 1. The smallest absolute Gasteiger partial charge is 0.227 e. The third-order valence-electron chi connectivity index (χ3n) is 6.07. The Bertz CT molecular complexity index is 1070. The number of piperazine rings is 1. The van der Waals surface area contributed by atoms with Gasteiger partial charge < -0.3 is 15.1 Å². The average molecular weight is 414 g/mol. The highest BCUT2D eigenvalue weighted by Gasteiger charge is 2.27. The van der Waals surface area contributed by atoms with Gasteiger partial charge in [0.25, 0.3) is 0 Å².